The number of hydrogen-bond acceptors (Lipinski definition) is 4. The number of nitrogens with one attached hydrogen (secondary N) is 2. The van der Waals surface area contributed by atoms with Gasteiger partial charge in [0, 0.05) is 6.54 Å². The fraction of sp³-hybridized carbons (Fsp3) is 0.269. The van der Waals surface area contributed by atoms with E-state index in [-0.39, 0.29) is 37.2 Å². The van der Waals surface area contributed by atoms with E-state index in [1.807, 2.05) is 55.5 Å². The van der Waals surface area contributed by atoms with Crippen molar-refractivity contribution in [3.63, 3.8) is 0 Å². The first-order chi connectivity index (χ1) is 16.0. The molecule has 0 aliphatic heterocycles. The molecule has 0 aromatic heterocycles. The fourth-order valence-corrected chi connectivity index (χ4v) is 3.64. The Morgan fingerprint density at radius 2 is 1.64 bits per heavy atom. The fourth-order valence-electron chi connectivity index (χ4n) is 3.64. The molecule has 0 radical (unpaired) electrons. The topological polar surface area (TPSA) is 87.7 Å². The Morgan fingerprint density at radius 1 is 0.909 bits per heavy atom. The van der Waals surface area contributed by atoms with Gasteiger partial charge in [0.1, 0.15) is 5.75 Å². The minimum atomic E-state index is -0.330. The first kappa shape index (κ1) is 23.8. The van der Waals surface area contributed by atoms with Crippen molar-refractivity contribution >= 4 is 34.2 Å². The average molecular weight is 448 g/mol. The number of para-hydroxylation sites is 2. The predicted molar refractivity (Wildman–Crippen MR) is 129 cm³/mol. The molecule has 0 aliphatic carbocycles. The van der Waals surface area contributed by atoms with Crippen molar-refractivity contribution in [3.8, 4) is 5.75 Å². The second kappa shape index (κ2) is 11.7. The molecule has 0 saturated carbocycles. The van der Waals surface area contributed by atoms with Crippen LogP contribution in [0.5, 0.6) is 5.75 Å². The van der Waals surface area contributed by atoms with Gasteiger partial charge >= 0.3 is 0 Å². The molecule has 3 aromatic rings. The summed E-state index contributed by atoms with van der Waals surface area (Å²) in [5.41, 5.74) is 1.44. The van der Waals surface area contributed by atoms with Crippen LogP contribution in [0, 0.1) is 0 Å². The Labute approximate surface area is 193 Å². The van der Waals surface area contributed by atoms with Gasteiger partial charge in [-0.15, -0.1) is 0 Å². The molecule has 7 heteroatoms. The lowest BCUT2D eigenvalue weighted by Gasteiger charge is -2.22. The number of amides is 3. The average Bonchev–Trinajstić information content (AvgIpc) is 2.83. The number of nitrogens with zero attached hydrogens (tertiary/aromatic N) is 1. The van der Waals surface area contributed by atoms with Gasteiger partial charge in [-0.1, -0.05) is 61.5 Å². The molecule has 3 rings (SSSR count). The zero-order valence-corrected chi connectivity index (χ0v) is 19.0. The number of fused-ring (bicyclic) bond motifs is 1. The van der Waals surface area contributed by atoms with E-state index in [9.17, 15) is 14.4 Å². The second-order valence-corrected chi connectivity index (χ2v) is 7.66. The molecule has 33 heavy (non-hydrogen) atoms. The summed E-state index contributed by atoms with van der Waals surface area (Å²) < 4.78 is 5.24. The van der Waals surface area contributed by atoms with Gasteiger partial charge < -0.3 is 20.3 Å². The van der Waals surface area contributed by atoms with Crippen LogP contribution < -0.4 is 15.4 Å². The zero-order chi connectivity index (χ0) is 23.6. The highest BCUT2D eigenvalue weighted by atomic mass is 16.5. The molecule has 0 fully saturated rings. The molecule has 2 N–H and O–H groups in total. The molecule has 0 aliphatic rings. The van der Waals surface area contributed by atoms with E-state index < -0.39 is 0 Å². The number of ether oxygens (including phenoxy) is 1. The van der Waals surface area contributed by atoms with Gasteiger partial charge in [-0.05, 0) is 34.9 Å². The maximum Gasteiger partial charge on any atom is 0.244 e. The molecule has 3 amide bonds. The Morgan fingerprint density at radius 3 is 2.42 bits per heavy atom. The van der Waals surface area contributed by atoms with Crippen LogP contribution in [0.1, 0.15) is 18.9 Å². The van der Waals surface area contributed by atoms with Gasteiger partial charge in [0.25, 0.3) is 0 Å². The van der Waals surface area contributed by atoms with Crippen LogP contribution in [0.3, 0.4) is 0 Å². The van der Waals surface area contributed by atoms with Crippen molar-refractivity contribution in [2.75, 3.05) is 32.1 Å². The first-order valence-corrected chi connectivity index (χ1v) is 11.0. The Bertz CT molecular complexity index is 1120. The third-order valence-electron chi connectivity index (χ3n) is 5.23. The minimum absolute atomic E-state index is 0.107. The minimum Gasteiger partial charge on any atom is -0.495 e. The van der Waals surface area contributed by atoms with Gasteiger partial charge in [0.2, 0.25) is 17.7 Å². The standard InChI is InChI=1S/C26H29N3O4/c1-3-15-29(18-25(31)28-22-13-6-7-14-23(22)33-2)26(32)17-27-24(30)16-20-11-8-10-19-9-4-5-12-21(19)20/h4-14H,3,15-18H2,1-2H3,(H,27,30)(H,28,31). The molecule has 0 atom stereocenters. The highest BCUT2D eigenvalue weighted by Crippen LogP contribution is 2.23. The maximum absolute atomic E-state index is 12.7. The highest BCUT2D eigenvalue weighted by molar-refractivity contribution is 5.96. The van der Waals surface area contributed by atoms with Crippen LogP contribution in [0.25, 0.3) is 10.8 Å². The van der Waals surface area contributed by atoms with Crippen LogP contribution in [-0.4, -0.2) is 49.4 Å². The Hall–Kier alpha value is -3.87. The highest BCUT2D eigenvalue weighted by Gasteiger charge is 2.18. The van der Waals surface area contributed by atoms with E-state index >= 15 is 0 Å². The summed E-state index contributed by atoms with van der Waals surface area (Å²) in [4.78, 5) is 39.2. The van der Waals surface area contributed by atoms with E-state index in [1.165, 1.54) is 12.0 Å². The molecule has 0 heterocycles. The van der Waals surface area contributed by atoms with Crippen molar-refractivity contribution in [3.05, 3.63) is 72.3 Å². The number of anilines is 1. The molecular weight excluding hydrogens is 418 g/mol. The zero-order valence-electron chi connectivity index (χ0n) is 19.0. The summed E-state index contributed by atoms with van der Waals surface area (Å²) >= 11 is 0. The normalized spacial score (nSPS) is 10.5. The Kier molecular flexibility index (Phi) is 8.41. The van der Waals surface area contributed by atoms with E-state index in [2.05, 4.69) is 10.6 Å². The van der Waals surface area contributed by atoms with Crippen molar-refractivity contribution in [1.29, 1.82) is 0 Å². The molecular formula is C26H29N3O4. The van der Waals surface area contributed by atoms with Crippen molar-refractivity contribution in [1.82, 2.24) is 10.2 Å². The monoisotopic (exact) mass is 447 g/mol. The van der Waals surface area contributed by atoms with Crippen molar-refractivity contribution in [2.24, 2.45) is 0 Å². The lowest BCUT2D eigenvalue weighted by Crippen LogP contribution is -2.44. The van der Waals surface area contributed by atoms with Crippen molar-refractivity contribution in [2.45, 2.75) is 19.8 Å². The summed E-state index contributed by atoms with van der Waals surface area (Å²) in [5.74, 6) is -0.337. The largest absolute Gasteiger partial charge is 0.495 e. The number of methoxy groups -OCH3 is 1. The van der Waals surface area contributed by atoms with Crippen LogP contribution in [-0.2, 0) is 20.8 Å². The Balaban J connectivity index is 1.56. The summed E-state index contributed by atoms with van der Waals surface area (Å²) in [6, 6.07) is 20.8. The summed E-state index contributed by atoms with van der Waals surface area (Å²) in [6.45, 7) is 2.07. The predicted octanol–water partition coefficient (Wildman–Crippen LogP) is 3.38. The van der Waals surface area contributed by atoms with E-state index in [4.69, 9.17) is 4.74 Å². The van der Waals surface area contributed by atoms with Crippen molar-refractivity contribution < 1.29 is 19.1 Å². The first-order valence-electron chi connectivity index (χ1n) is 11.0. The number of benzene rings is 3. The molecule has 7 nitrogen and oxygen atoms in total. The maximum atomic E-state index is 12.7. The van der Waals surface area contributed by atoms with Crippen LogP contribution in [0.4, 0.5) is 5.69 Å². The van der Waals surface area contributed by atoms with Gasteiger partial charge in [-0.25, -0.2) is 0 Å². The second-order valence-electron chi connectivity index (χ2n) is 7.66. The third kappa shape index (κ3) is 6.55. The van der Waals surface area contributed by atoms with Gasteiger partial charge in [-0.2, -0.15) is 0 Å². The SMILES string of the molecule is CCCN(CC(=O)Nc1ccccc1OC)C(=O)CNC(=O)Cc1cccc2ccccc12. The summed E-state index contributed by atoms with van der Waals surface area (Å²) in [6.07, 6.45) is 0.869. The van der Waals surface area contributed by atoms with Crippen LogP contribution in [0.2, 0.25) is 0 Å². The van der Waals surface area contributed by atoms with Crippen LogP contribution in [0.15, 0.2) is 66.7 Å². The third-order valence-corrected chi connectivity index (χ3v) is 5.23. The molecule has 0 bridgehead atoms. The number of carbonyl (C=O) groups excluding carboxylic acids is 3. The summed E-state index contributed by atoms with van der Waals surface area (Å²) in [7, 11) is 1.53. The molecule has 172 valence electrons. The lowest BCUT2D eigenvalue weighted by atomic mass is 10.0. The number of rotatable bonds is 10. The molecule has 0 unspecified atom stereocenters. The molecule has 0 saturated heterocycles. The smallest absolute Gasteiger partial charge is 0.244 e. The number of hydrogen-bond donors (Lipinski definition) is 2. The lowest BCUT2D eigenvalue weighted by molar-refractivity contribution is -0.135. The van der Waals surface area contributed by atoms with E-state index in [0.717, 1.165) is 16.3 Å². The number of carbonyl (C=O) groups is 3. The quantitative estimate of drug-likeness (QED) is 0.499. The van der Waals surface area contributed by atoms with Gasteiger partial charge in [0.05, 0.1) is 32.3 Å². The molecule has 0 spiro atoms. The summed E-state index contributed by atoms with van der Waals surface area (Å²) in [5, 5.41) is 7.55. The molecule has 3 aromatic carbocycles. The van der Waals surface area contributed by atoms with Gasteiger partial charge in [-0.3, -0.25) is 14.4 Å². The van der Waals surface area contributed by atoms with E-state index in [0.29, 0.717) is 24.4 Å². The van der Waals surface area contributed by atoms with Crippen LogP contribution >= 0.6 is 0 Å². The van der Waals surface area contributed by atoms with E-state index in [1.54, 1.807) is 18.2 Å². The van der Waals surface area contributed by atoms with Gasteiger partial charge in [0.15, 0.2) is 0 Å².